The van der Waals surface area contributed by atoms with Gasteiger partial charge >= 0.3 is 12.4 Å². The molecule has 0 aliphatic heterocycles. The van der Waals surface area contributed by atoms with Crippen molar-refractivity contribution in [1.82, 2.24) is 9.97 Å². The fourth-order valence-electron chi connectivity index (χ4n) is 7.18. The largest absolute Gasteiger partial charge is 0.454 e. The summed E-state index contributed by atoms with van der Waals surface area (Å²) in [5.41, 5.74) is -6.44. The van der Waals surface area contributed by atoms with Gasteiger partial charge in [0.1, 0.15) is 33.3 Å². The van der Waals surface area contributed by atoms with Crippen LogP contribution in [0.15, 0.2) is 94.0 Å². The van der Waals surface area contributed by atoms with E-state index in [4.69, 9.17) is 8.83 Å². The van der Waals surface area contributed by atoms with Gasteiger partial charge in [0, 0.05) is 34.3 Å². The van der Waals surface area contributed by atoms with Crippen molar-refractivity contribution in [2.75, 3.05) is 0 Å². The number of halogens is 14. The van der Waals surface area contributed by atoms with Gasteiger partial charge in [0.2, 0.25) is 0 Å². The lowest BCUT2D eigenvalue weighted by Crippen LogP contribution is -2.16. The van der Waals surface area contributed by atoms with Crippen molar-refractivity contribution in [3.63, 3.8) is 0 Å². The highest BCUT2D eigenvalue weighted by Gasteiger charge is 2.44. The lowest BCUT2D eigenvalue weighted by atomic mass is 9.98. The van der Waals surface area contributed by atoms with Crippen molar-refractivity contribution < 1.29 is 70.3 Å². The van der Waals surface area contributed by atoms with Crippen molar-refractivity contribution >= 4 is 44.1 Å². The maximum absolute atomic E-state index is 14.9. The van der Waals surface area contributed by atoms with E-state index in [-0.39, 0.29) is 44.1 Å². The van der Waals surface area contributed by atoms with Gasteiger partial charge in [-0.3, -0.25) is 9.97 Å². The zero-order valence-corrected chi connectivity index (χ0v) is 29.1. The molecule has 0 saturated carbocycles. The first-order valence-electron chi connectivity index (χ1n) is 17.0. The summed E-state index contributed by atoms with van der Waals surface area (Å²) >= 11 is 0. The zero-order chi connectivity index (χ0) is 42.7. The molecule has 0 aliphatic carbocycles. The molecular formula is C42H14F14N2O2. The topological polar surface area (TPSA) is 52.1 Å². The van der Waals surface area contributed by atoms with E-state index in [1.54, 1.807) is 36.4 Å². The van der Waals surface area contributed by atoms with Crippen molar-refractivity contribution in [2.45, 2.75) is 12.4 Å². The molecule has 9 rings (SSSR count). The summed E-state index contributed by atoms with van der Waals surface area (Å²) in [4.78, 5) is 8.54. The van der Waals surface area contributed by atoms with Crippen molar-refractivity contribution in [1.29, 1.82) is 0 Å². The first-order valence-corrected chi connectivity index (χ1v) is 17.0. The smallest absolute Gasteiger partial charge is 0.422 e. The Bertz CT molecular complexity index is 3000. The number of aromatic nitrogens is 2. The molecule has 302 valence electrons. The van der Waals surface area contributed by atoms with E-state index in [0.29, 0.717) is 22.3 Å². The molecule has 0 N–H and O–H groups in total. The van der Waals surface area contributed by atoms with Crippen LogP contribution >= 0.6 is 0 Å². The third kappa shape index (κ3) is 5.75. The molecule has 4 aromatic heterocycles. The monoisotopic (exact) mass is 844 g/mol. The van der Waals surface area contributed by atoms with Crippen LogP contribution in [0.4, 0.5) is 61.5 Å². The SMILES string of the molecule is Fc1c(F)c(C(F)(F)F)c(F)c(F)c1-c1ccc2oc3c(-c4ccc(-c5ccnc6c5oc5ccc(-c7c(F)c(F)c(C(F)(F)F)c(F)c7F)cc56)cc4)ccnc3c2c1. The van der Waals surface area contributed by atoms with Crippen LogP contribution < -0.4 is 0 Å². The Labute approximate surface area is 323 Å². The Hall–Kier alpha value is -6.98. The van der Waals surface area contributed by atoms with E-state index < -0.39 is 92.3 Å². The fourth-order valence-corrected chi connectivity index (χ4v) is 7.18. The first-order chi connectivity index (χ1) is 28.4. The van der Waals surface area contributed by atoms with Gasteiger partial charge < -0.3 is 8.83 Å². The molecule has 0 bridgehead atoms. The predicted octanol–water partition coefficient (Wildman–Crippen LogP) is 14.1. The number of hydrogen-bond donors (Lipinski definition) is 0. The van der Waals surface area contributed by atoms with E-state index >= 15 is 0 Å². The minimum Gasteiger partial charge on any atom is -0.454 e. The van der Waals surface area contributed by atoms with Gasteiger partial charge in [-0.2, -0.15) is 26.3 Å². The number of furan rings is 2. The van der Waals surface area contributed by atoms with Crippen LogP contribution in [0.2, 0.25) is 0 Å². The lowest BCUT2D eigenvalue weighted by molar-refractivity contribution is -0.144. The molecule has 0 spiro atoms. The summed E-state index contributed by atoms with van der Waals surface area (Å²) in [5.74, 6) is -19.5. The molecule has 4 nitrogen and oxygen atoms in total. The molecule has 0 unspecified atom stereocenters. The molecule has 0 radical (unpaired) electrons. The maximum Gasteiger partial charge on any atom is 0.422 e. The molecule has 0 aliphatic rings. The molecule has 0 amide bonds. The molecule has 9 aromatic rings. The van der Waals surface area contributed by atoms with Gasteiger partial charge in [0.15, 0.2) is 57.7 Å². The number of benzene rings is 5. The minimum absolute atomic E-state index is 0.102. The number of hydrogen-bond acceptors (Lipinski definition) is 4. The molecule has 4 heterocycles. The Morgan fingerprint density at radius 2 is 0.700 bits per heavy atom. The Kier molecular flexibility index (Phi) is 8.52. The highest BCUT2D eigenvalue weighted by molar-refractivity contribution is 6.10. The van der Waals surface area contributed by atoms with Crippen molar-refractivity contribution in [3.8, 4) is 44.5 Å². The molecule has 0 atom stereocenters. The lowest BCUT2D eigenvalue weighted by Gasteiger charge is -2.14. The predicted molar refractivity (Wildman–Crippen MR) is 188 cm³/mol. The van der Waals surface area contributed by atoms with Gasteiger partial charge in [-0.05, 0) is 58.7 Å². The van der Waals surface area contributed by atoms with Crippen LogP contribution in [0.25, 0.3) is 88.6 Å². The minimum atomic E-state index is -5.72. The van der Waals surface area contributed by atoms with E-state index in [0.717, 1.165) is 24.3 Å². The van der Waals surface area contributed by atoms with Crippen LogP contribution in [-0.4, -0.2) is 9.97 Å². The van der Waals surface area contributed by atoms with Gasteiger partial charge in [0.05, 0.1) is 11.1 Å². The van der Waals surface area contributed by atoms with E-state index in [1.165, 1.54) is 24.5 Å². The Balaban J connectivity index is 1.09. The molecule has 0 fully saturated rings. The Morgan fingerprint density at radius 3 is 1.02 bits per heavy atom. The van der Waals surface area contributed by atoms with Crippen LogP contribution in [0, 0.1) is 46.5 Å². The Morgan fingerprint density at radius 1 is 0.383 bits per heavy atom. The third-order valence-corrected chi connectivity index (χ3v) is 9.88. The average Bonchev–Trinajstić information content (AvgIpc) is 3.77. The second kappa shape index (κ2) is 13.3. The quantitative estimate of drug-likeness (QED) is 0.131. The summed E-state index contributed by atoms with van der Waals surface area (Å²) in [7, 11) is 0. The van der Waals surface area contributed by atoms with E-state index in [2.05, 4.69) is 9.97 Å². The van der Waals surface area contributed by atoms with Gasteiger partial charge in [-0.1, -0.05) is 36.4 Å². The maximum atomic E-state index is 14.9. The molecular weight excluding hydrogens is 830 g/mol. The van der Waals surface area contributed by atoms with Crippen LogP contribution in [0.5, 0.6) is 0 Å². The number of rotatable bonds is 4. The van der Waals surface area contributed by atoms with Crippen LogP contribution in [0.3, 0.4) is 0 Å². The average molecular weight is 845 g/mol. The van der Waals surface area contributed by atoms with Gasteiger partial charge in [-0.25, -0.2) is 35.1 Å². The molecule has 5 aromatic carbocycles. The molecule has 60 heavy (non-hydrogen) atoms. The zero-order valence-electron chi connectivity index (χ0n) is 29.1. The summed E-state index contributed by atoms with van der Waals surface area (Å²) in [5, 5.41) is 0.207. The number of pyridine rings is 2. The standard InChI is InChI=1S/C42H14F14N2O2/c43-29-25(30(44)34(48)27(33(29)47)41(51,52)53)17-5-7-23-21(13-17)37-39(59-23)19(9-11-57-37)15-1-2-16(4-3-15)20-10-12-58-38-22-14-18(6-8-24(22)60-40(20)38)26-31(45)35(49)28(42(54,55)56)36(50)32(26)46/h1-14H. The second-order valence-corrected chi connectivity index (χ2v) is 13.3. The first kappa shape index (κ1) is 38.5. The summed E-state index contributed by atoms with van der Waals surface area (Å²) in [6.45, 7) is 0. The van der Waals surface area contributed by atoms with E-state index in [1.807, 2.05) is 0 Å². The second-order valence-electron chi connectivity index (χ2n) is 13.3. The third-order valence-electron chi connectivity index (χ3n) is 9.88. The number of alkyl halides is 6. The highest BCUT2D eigenvalue weighted by Crippen LogP contribution is 2.44. The van der Waals surface area contributed by atoms with Gasteiger partial charge in [-0.15, -0.1) is 0 Å². The number of fused-ring (bicyclic) bond motifs is 6. The van der Waals surface area contributed by atoms with Crippen molar-refractivity contribution in [3.05, 3.63) is 143 Å². The van der Waals surface area contributed by atoms with Crippen LogP contribution in [0.1, 0.15) is 11.1 Å². The van der Waals surface area contributed by atoms with Crippen LogP contribution in [-0.2, 0) is 12.4 Å². The molecule has 18 heteroatoms. The molecule has 0 saturated heterocycles. The number of nitrogens with zero attached hydrogens (tertiary/aromatic N) is 2. The van der Waals surface area contributed by atoms with E-state index in [9.17, 15) is 61.5 Å². The summed E-state index contributed by atoms with van der Waals surface area (Å²) < 4.78 is 208. The highest BCUT2D eigenvalue weighted by atomic mass is 19.4. The summed E-state index contributed by atoms with van der Waals surface area (Å²) in [6.07, 6.45) is -8.71. The normalized spacial score (nSPS) is 12.5. The summed E-state index contributed by atoms with van der Waals surface area (Å²) in [6, 6.07) is 16.3. The van der Waals surface area contributed by atoms with Gasteiger partial charge in [0.25, 0.3) is 0 Å². The van der Waals surface area contributed by atoms with Crippen molar-refractivity contribution in [2.24, 2.45) is 0 Å². The fraction of sp³-hybridized carbons (Fsp3) is 0.0476.